The van der Waals surface area contributed by atoms with Gasteiger partial charge in [-0.05, 0) is 37.0 Å². The Balaban J connectivity index is 2.14. The van der Waals surface area contributed by atoms with Gasteiger partial charge in [0.05, 0.1) is 6.10 Å². The van der Waals surface area contributed by atoms with Crippen molar-refractivity contribution < 1.29 is 42.8 Å². The van der Waals surface area contributed by atoms with Gasteiger partial charge in [-0.25, -0.2) is 18.8 Å². The van der Waals surface area contributed by atoms with E-state index < -0.39 is 53.7 Å². The average Bonchev–Trinajstić information content (AvgIpc) is 3.07. The van der Waals surface area contributed by atoms with Gasteiger partial charge in [0, 0.05) is 24.9 Å². The fourth-order valence-electron chi connectivity index (χ4n) is 5.71. The molecule has 8 atom stereocenters. The summed E-state index contributed by atoms with van der Waals surface area (Å²) in [6, 6.07) is 0. The molecule has 2 fully saturated rings. The molecule has 202 valence electrons. The van der Waals surface area contributed by atoms with Gasteiger partial charge in [0.25, 0.3) is 0 Å². The Hall–Kier alpha value is -1.94. The summed E-state index contributed by atoms with van der Waals surface area (Å²) in [5.41, 5.74) is 0.0235. The van der Waals surface area contributed by atoms with Crippen LogP contribution in [-0.4, -0.2) is 59.5 Å². The van der Waals surface area contributed by atoms with E-state index in [-0.39, 0.29) is 23.9 Å². The maximum atomic E-state index is 15.8. The molecule has 2 aliphatic rings. The van der Waals surface area contributed by atoms with Gasteiger partial charge in [-0.2, -0.15) is 0 Å². The Morgan fingerprint density at radius 1 is 1.06 bits per heavy atom. The summed E-state index contributed by atoms with van der Waals surface area (Å²) in [6.07, 6.45) is -2.24. The summed E-state index contributed by atoms with van der Waals surface area (Å²) in [4.78, 5) is 37.5. The average molecular weight is 504 g/mol. The number of esters is 1. The normalized spacial score (nSPS) is 39.1. The van der Waals surface area contributed by atoms with Crippen molar-refractivity contribution in [2.45, 2.75) is 111 Å². The monoisotopic (exact) mass is 503 g/mol. The molecule has 10 heteroatoms. The number of ether oxygens (including phenoxy) is 4. The van der Waals surface area contributed by atoms with Crippen LogP contribution in [-0.2, 0) is 28.5 Å². The van der Waals surface area contributed by atoms with E-state index in [1.807, 2.05) is 13.8 Å². The van der Waals surface area contributed by atoms with E-state index in [0.29, 0.717) is 18.8 Å². The first kappa shape index (κ1) is 29.3. The van der Waals surface area contributed by atoms with Crippen molar-refractivity contribution in [2.24, 2.45) is 28.4 Å². The van der Waals surface area contributed by atoms with Crippen LogP contribution in [0.2, 0.25) is 0 Å². The standard InChI is InChI=1S/C25H42FNO8/c1-9-11-32-18-13-15(4)24(26,19(28)29)25(18,27)20(30)33-16(5)34-21(31)35-17-12-14(3)22(6,7)23(17,8)10-2/h14-18H,9-13,27H2,1-8H3,(H,28,29)/t14-,15+,16?,17+,18-,23?,24+,25-/m1/s1. The molecule has 3 N–H and O–H groups in total. The molecule has 0 aromatic heterocycles. The summed E-state index contributed by atoms with van der Waals surface area (Å²) in [6.45, 7) is 15.1. The molecular formula is C25H42FNO8. The van der Waals surface area contributed by atoms with Crippen molar-refractivity contribution >= 4 is 18.1 Å². The van der Waals surface area contributed by atoms with Crippen LogP contribution in [0.25, 0.3) is 0 Å². The topological polar surface area (TPSA) is 134 Å². The Bertz CT molecular complexity index is 821. The number of alkyl halides is 1. The van der Waals surface area contributed by atoms with Crippen LogP contribution in [0.3, 0.4) is 0 Å². The largest absolute Gasteiger partial charge is 0.511 e. The second-order valence-corrected chi connectivity index (χ2v) is 11.0. The Labute approximate surface area is 207 Å². The predicted molar refractivity (Wildman–Crippen MR) is 125 cm³/mol. The molecule has 2 aliphatic carbocycles. The molecule has 0 heterocycles. The van der Waals surface area contributed by atoms with Crippen molar-refractivity contribution in [1.82, 2.24) is 0 Å². The molecule has 9 nitrogen and oxygen atoms in total. The van der Waals surface area contributed by atoms with E-state index in [2.05, 4.69) is 27.7 Å². The first-order chi connectivity index (χ1) is 16.0. The number of carboxylic acids is 1. The molecule has 2 unspecified atom stereocenters. The molecule has 35 heavy (non-hydrogen) atoms. The maximum Gasteiger partial charge on any atom is 0.511 e. The first-order valence-corrected chi connectivity index (χ1v) is 12.4. The van der Waals surface area contributed by atoms with Crippen LogP contribution in [0, 0.1) is 22.7 Å². The molecule has 0 aromatic carbocycles. The number of rotatable bonds is 9. The van der Waals surface area contributed by atoms with Crippen LogP contribution >= 0.6 is 0 Å². The fourth-order valence-corrected chi connectivity index (χ4v) is 5.71. The summed E-state index contributed by atoms with van der Waals surface area (Å²) in [5, 5.41) is 9.62. The molecule has 0 amide bonds. The quantitative estimate of drug-likeness (QED) is 0.350. The number of hydrogen-bond donors (Lipinski definition) is 2. The zero-order chi connectivity index (χ0) is 27.0. The Kier molecular flexibility index (Phi) is 8.54. The van der Waals surface area contributed by atoms with Gasteiger partial charge in [-0.15, -0.1) is 0 Å². The van der Waals surface area contributed by atoms with Crippen LogP contribution in [0.5, 0.6) is 0 Å². The van der Waals surface area contributed by atoms with Crippen molar-refractivity contribution in [3.05, 3.63) is 0 Å². The zero-order valence-corrected chi connectivity index (χ0v) is 22.2. The van der Waals surface area contributed by atoms with Gasteiger partial charge in [-0.1, -0.05) is 48.5 Å². The molecule has 0 spiro atoms. The Morgan fingerprint density at radius 3 is 2.14 bits per heavy atom. The highest BCUT2D eigenvalue weighted by molar-refractivity contribution is 5.95. The van der Waals surface area contributed by atoms with Gasteiger partial charge in [0.1, 0.15) is 6.10 Å². The number of nitrogens with two attached hydrogens (primary N) is 1. The maximum absolute atomic E-state index is 15.8. The lowest BCUT2D eigenvalue weighted by Crippen LogP contribution is -2.70. The van der Waals surface area contributed by atoms with Crippen molar-refractivity contribution in [2.75, 3.05) is 6.61 Å². The third-order valence-corrected chi connectivity index (χ3v) is 9.02. The molecular weight excluding hydrogens is 461 g/mol. The summed E-state index contributed by atoms with van der Waals surface area (Å²) in [7, 11) is 0. The van der Waals surface area contributed by atoms with Gasteiger partial charge < -0.3 is 29.8 Å². The first-order valence-electron chi connectivity index (χ1n) is 12.4. The molecule has 0 aliphatic heterocycles. The lowest BCUT2D eigenvalue weighted by Gasteiger charge is -2.42. The molecule has 0 radical (unpaired) electrons. The third kappa shape index (κ3) is 4.63. The molecule has 0 bridgehead atoms. The van der Waals surface area contributed by atoms with Crippen LogP contribution in [0.1, 0.15) is 81.1 Å². The number of carbonyl (C=O) groups excluding carboxylic acids is 2. The minimum atomic E-state index is -3.13. The van der Waals surface area contributed by atoms with Gasteiger partial charge in [0.15, 0.2) is 5.54 Å². The van der Waals surface area contributed by atoms with Crippen LogP contribution < -0.4 is 5.73 Å². The SMILES string of the molecule is CCCO[C@@H]1C[C@H](C)[C@](F)(C(=O)O)[C@]1(N)C(=O)OC(C)OC(=O)O[C@H]1C[C@@H](C)C(C)(C)C1(C)CC. The number of hydrogen-bond acceptors (Lipinski definition) is 8. The van der Waals surface area contributed by atoms with Crippen LogP contribution in [0.4, 0.5) is 9.18 Å². The highest BCUT2D eigenvalue weighted by atomic mass is 19.1. The lowest BCUT2D eigenvalue weighted by molar-refractivity contribution is -0.193. The summed E-state index contributed by atoms with van der Waals surface area (Å²) < 4.78 is 37.2. The summed E-state index contributed by atoms with van der Waals surface area (Å²) >= 11 is 0. The smallest absolute Gasteiger partial charge is 0.479 e. The van der Waals surface area contributed by atoms with Gasteiger partial charge in [-0.3, -0.25) is 0 Å². The molecule has 2 rings (SSSR count). The third-order valence-electron chi connectivity index (χ3n) is 9.02. The molecule has 0 aromatic rings. The van der Waals surface area contributed by atoms with E-state index in [1.54, 1.807) is 0 Å². The fraction of sp³-hybridized carbons (Fsp3) is 0.880. The Morgan fingerprint density at radius 2 is 1.63 bits per heavy atom. The highest BCUT2D eigenvalue weighted by Gasteiger charge is 2.73. The van der Waals surface area contributed by atoms with E-state index in [1.165, 1.54) is 13.8 Å². The van der Waals surface area contributed by atoms with Crippen molar-refractivity contribution in [3.8, 4) is 0 Å². The zero-order valence-electron chi connectivity index (χ0n) is 22.2. The van der Waals surface area contributed by atoms with E-state index in [9.17, 15) is 19.5 Å². The van der Waals surface area contributed by atoms with Crippen LogP contribution in [0.15, 0.2) is 0 Å². The van der Waals surface area contributed by atoms with Crippen molar-refractivity contribution in [1.29, 1.82) is 0 Å². The van der Waals surface area contributed by atoms with E-state index in [4.69, 9.17) is 24.7 Å². The summed E-state index contributed by atoms with van der Waals surface area (Å²) in [5.74, 6) is -4.05. The highest BCUT2D eigenvalue weighted by Crippen LogP contribution is 2.58. The van der Waals surface area contributed by atoms with E-state index >= 15 is 4.39 Å². The number of aliphatic carboxylic acids is 1. The minimum Gasteiger partial charge on any atom is -0.479 e. The van der Waals surface area contributed by atoms with Gasteiger partial charge >= 0.3 is 18.1 Å². The second kappa shape index (κ2) is 10.2. The minimum absolute atomic E-state index is 0.0787. The lowest BCUT2D eigenvalue weighted by atomic mass is 9.64. The van der Waals surface area contributed by atoms with E-state index in [0.717, 1.165) is 6.42 Å². The van der Waals surface area contributed by atoms with Gasteiger partial charge in [0.2, 0.25) is 12.0 Å². The molecule has 0 saturated heterocycles. The molecule has 2 saturated carbocycles. The number of halogens is 1. The second-order valence-electron chi connectivity index (χ2n) is 11.0. The van der Waals surface area contributed by atoms with Crippen molar-refractivity contribution in [3.63, 3.8) is 0 Å². The number of carbonyl (C=O) groups is 3. The number of carboxylic acid groups (broad SMARTS) is 1. The predicted octanol–water partition coefficient (Wildman–Crippen LogP) is 4.21.